The van der Waals surface area contributed by atoms with Crippen LogP contribution in [0.4, 0.5) is 0 Å². The van der Waals surface area contributed by atoms with Gasteiger partial charge in [-0.25, -0.2) is 4.79 Å². The second kappa shape index (κ2) is 6.47. The topological polar surface area (TPSA) is 80.5 Å². The molecule has 1 aliphatic rings. The Balaban J connectivity index is 2.01. The van der Waals surface area contributed by atoms with Gasteiger partial charge in [0.2, 0.25) is 0 Å². The summed E-state index contributed by atoms with van der Waals surface area (Å²) < 4.78 is 6.76. The number of hydrogen-bond acceptors (Lipinski definition) is 5. The first-order chi connectivity index (χ1) is 11.1. The van der Waals surface area contributed by atoms with E-state index in [2.05, 4.69) is 15.0 Å². The third-order valence-corrected chi connectivity index (χ3v) is 4.24. The maximum atomic E-state index is 11.9. The molecular weight excluding hydrogens is 296 g/mol. The highest BCUT2D eigenvalue weighted by molar-refractivity contribution is 5.96. The zero-order valence-corrected chi connectivity index (χ0v) is 13.3. The third kappa shape index (κ3) is 2.97. The van der Waals surface area contributed by atoms with E-state index in [-0.39, 0.29) is 0 Å². The molecule has 0 fully saturated rings. The second-order valence-corrected chi connectivity index (χ2v) is 5.65. The number of carboxylic acid groups (broad SMARTS) is 1. The highest BCUT2D eigenvalue weighted by Crippen LogP contribution is 2.29. The molecule has 2 aromatic rings. The van der Waals surface area contributed by atoms with Crippen LogP contribution in [0.2, 0.25) is 0 Å². The minimum atomic E-state index is -0.934. The predicted molar refractivity (Wildman–Crippen MR) is 84.3 cm³/mol. The number of aromatic carboxylic acids is 1. The van der Waals surface area contributed by atoms with Crippen LogP contribution >= 0.6 is 0 Å². The number of rotatable bonds is 5. The molecule has 1 N–H and O–H groups in total. The standard InChI is InChI=1S/C16H20N4O3/c1-19-13(3-5-18-19)15-14(16(21)22)12-4-6-20(7-8-23-2)10-11(12)9-17-15/h3,5,9H,4,6-8,10H2,1-2H3,(H,21,22). The molecule has 0 radical (unpaired) electrons. The number of carbonyl (C=O) groups is 1. The Labute approximate surface area is 134 Å². The van der Waals surface area contributed by atoms with Gasteiger partial charge in [0.1, 0.15) is 5.69 Å². The molecule has 0 spiro atoms. The number of aryl methyl sites for hydroxylation is 1. The smallest absolute Gasteiger partial charge is 0.338 e. The molecule has 3 rings (SSSR count). The number of pyridine rings is 1. The number of methoxy groups -OCH3 is 1. The van der Waals surface area contributed by atoms with Crippen molar-refractivity contribution in [3.8, 4) is 11.4 Å². The molecule has 0 atom stereocenters. The fourth-order valence-electron chi connectivity index (χ4n) is 3.04. The Hall–Kier alpha value is -2.25. The summed E-state index contributed by atoms with van der Waals surface area (Å²) in [5.74, 6) is -0.934. The summed E-state index contributed by atoms with van der Waals surface area (Å²) in [5.41, 5.74) is 3.37. The lowest BCUT2D eigenvalue weighted by Gasteiger charge is -2.29. The van der Waals surface area contributed by atoms with Crippen molar-refractivity contribution in [2.75, 3.05) is 26.8 Å². The molecule has 2 aromatic heterocycles. The van der Waals surface area contributed by atoms with Crippen LogP contribution in [-0.4, -0.2) is 57.5 Å². The minimum absolute atomic E-state index is 0.303. The molecule has 0 bridgehead atoms. The van der Waals surface area contributed by atoms with E-state index < -0.39 is 5.97 Å². The van der Waals surface area contributed by atoms with E-state index in [4.69, 9.17) is 4.74 Å². The molecule has 0 aliphatic carbocycles. The molecule has 122 valence electrons. The number of fused-ring (bicyclic) bond motifs is 1. The Morgan fingerprint density at radius 2 is 2.30 bits per heavy atom. The lowest BCUT2D eigenvalue weighted by atomic mass is 9.94. The van der Waals surface area contributed by atoms with Gasteiger partial charge in [0.05, 0.1) is 17.9 Å². The normalized spacial score (nSPS) is 14.7. The van der Waals surface area contributed by atoms with Crippen molar-refractivity contribution in [3.63, 3.8) is 0 Å². The maximum Gasteiger partial charge on any atom is 0.338 e. The molecule has 0 aromatic carbocycles. The molecular formula is C16H20N4O3. The third-order valence-electron chi connectivity index (χ3n) is 4.24. The van der Waals surface area contributed by atoms with Gasteiger partial charge in [-0.1, -0.05) is 0 Å². The molecule has 23 heavy (non-hydrogen) atoms. The summed E-state index contributed by atoms with van der Waals surface area (Å²) in [6, 6.07) is 1.79. The van der Waals surface area contributed by atoms with Crippen molar-refractivity contribution >= 4 is 5.97 Å². The summed E-state index contributed by atoms with van der Waals surface area (Å²) in [4.78, 5) is 18.5. The zero-order chi connectivity index (χ0) is 16.4. The van der Waals surface area contributed by atoms with E-state index >= 15 is 0 Å². The van der Waals surface area contributed by atoms with Crippen molar-refractivity contribution in [2.24, 2.45) is 7.05 Å². The lowest BCUT2D eigenvalue weighted by Crippen LogP contribution is -2.34. The first-order valence-corrected chi connectivity index (χ1v) is 7.55. The van der Waals surface area contributed by atoms with Crippen LogP contribution in [0.3, 0.4) is 0 Å². The minimum Gasteiger partial charge on any atom is -0.478 e. The average molecular weight is 316 g/mol. The largest absolute Gasteiger partial charge is 0.478 e. The van der Waals surface area contributed by atoms with Crippen LogP contribution in [0.1, 0.15) is 21.5 Å². The second-order valence-electron chi connectivity index (χ2n) is 5.65. The number of nitrogens with zero attached hydrogens (tertiary/aromatic N) is 4. The summed E-state index contributed by atoms with van der Waals surface area (Å²) in [7, 11) is 3.47. The van der Waals surface area contributed by atoms with Crippen molar-refractivity contribution in [2.45, 2.75) is 13.0 Å². The van der Waals surface area contributed by atoms with E-state index in [1.54, 1.807) is 37.3 Å². The predicted octanol–water partition coefficient (Wildman–Crippen LogP) is 1.18. The Morgan fingerprint density at radius 3 is 2.96 bits per heavy atom. The van der Waals surface area contributed by atoms with Gasteiger partial charge in [-0.15, -0.1) is 0 Å². The molecule has 0 saturated carbocycles. The van der Waals surface area contributed by atoms with Gasteiger partial charge < -0.3 is 9.84 Å². The van der Waals surface area contributed by atoms with Crippen LogP contribution in [0.5, 0.6) is 0 Å². The van der Waals surface area contributed by atoms with Gasteiger partial charge in [-0.05, 0) is 23.6 Å². The first-order valence-electron chi connectivity index (χ1n) is 7.55. The van der Waals surface area contributed by atoms with Gasteiger partial charge in [-0.3, -0.25) is 14.6 Å². The number of aromatic nitrogens is 3. The van der Waals surface area contributed by atoms with Gasteiger partial charge in [0.25, 0.3) is 0 Å². The van der Waals surface area contributed by atoms with Crippen molar-refractivity contribution in [1.29, 1.82) is 0 Å². The summed E-state index contributed by atoms with van der Waals surface area (Å²) in [5, 5.41) is 13.8. The molecule has 0 unspecified atom stereocenters. The van der Waals surface area contributed by atoms with Crippen LogP contribution < -0.4 is 0 Å². The van der Waals surface area contributed by atoms with Crippen LogP contribution in [0.15, 0.2) is 18.5 Å². The Morgan fingerprint density at radius 1 is 1.48 bits per heavy atom. The van der Waals surface area contributed by atoms with Gasteiger partial charge in [0.15, 0.2) is 0 Å². The van der Waals surface area contributed by atoms with Crippen LogP contribution in [0.25, 0.3) is 11.4 Å². The van der Waals surface area contributed by atoms with E-state index in [1.165, 1.54) is 0 Å². The molecule has 3 heterocycles. The summed E-state index contributed by atoms with van der Waals surface area (Å²) >= 11 is 0. The van der Waals surface area contributed by atoms with Crippen molar-refractivity contribution in [3.05, 3.63) is 35.2 Å². The SMILES string of the molecule is COCCN1CCc2c(cnc(-c3ccnn3C)c2C(=O)O)C1. The van der Waals surface area contributed by atoms with Crippen molar-refractivity contribution < 1.29 is 14.6 Å². The molecule has 0 saturated heterocycles. The van der Waals surface area contributed by atoms with E-state index in [1.807, 2.05) is 0 Å². The monoisotopic (exact) mass is 316 g/mol. The van der Waals surface area contributed by atoms with Crippen LogP contribution in [0, 0.1) is 0 Å². The maximum absolute atomic E-state index is 11.9. The fourth-order valence-corrected chi connectivity index (χ4v) is 3.04. The highest BCUT2D eigenvalue weighted by Gasteiger charge is 2.26. The van der Waals surface area contributed by atoms with Crippen LogP contribution in [-0.2, 0) is 24.8 Å². The molecule has 7 nitrogen and oxygen atoms in total. The van der Waals surface area contributed by atoms with E-state index in [9.17, 15) is 9.90 Å². The van der Waals surface area contributed by atoms with Crippen molar-refractivity contribution in [1.82, 2.24) is 19.7 Å². The molecule has 7 heteroatoms. The number of ether oxygens (including phenoxy) is 1. The van der Waals surface area contributed by atoms with E-state index in [0.717, 1.165) is 24.2 Å². The Kier molecular flexibility index (Phi) is 4.40. The van der Waals surface area contributed by atoms with E-state index in [0.29, 0.717) is 36.5 Å². The Bertz CT molecular complexity index is 726. The van der Waals surface area contributed by atoms with Gasteiger partial charge in [0, 0.05) is 46.2 Å². The average Bonchev–Trinajstić information content (AvgIpc) is 2.97. The highest BCUT2D eigenvalue weighted by atomic mass is 16.5. The van der Waals surface area contributed by atoms with Gasteiger partial charge >= 0.3 is 5.97 Å². The number of carboxylic acids is 1. The first kappa shape index (κ1) is 15.6. The summed E-state index contributed by atoms with van der Waals surface area (Å²) in [6.07, 6.45) is 4.14. The molecule has 0 amide bonds. The molecule has 1 aliphatic heterocycles. The summed E-state index contributed by atoms with van der Waals surface area (Å²) in [6.45, 7) is 3.03. The fraction of sp³-hybridized carbons (Fsp3) is 0.438. The zero-order valence-electron chi connectivity index (χ0n) is 13.3. The van der Waals surface area contributed by atoms with Gasteiger partial charge in [-0.2, -0.15) is 5.10 Å². The lowest BCUT2D eigenvalue weighted by molar-refractivity contribution is 0.0694. The quantitative estimate of drug-likeness (QED) is 0.892. The number of hydrogen-bond donors (Lipinski definition) is 1.